The van der Waals surface area contributed by atoms with E-state index in [2.05, 4.69) is 4.98 Å². The molecule has 3 nitrogen and oxygen atoms in total. The van der Waals surface area contributed by atoms with E-state index in [1.807, 2.05) is 24.0 Å². The Balaban J connectivity index is 1.51. The van der Waals surface area contributed by atoms with Crippen LogP contribution in [0.25, 0.3) is 0 Å². The van der Waals surface area contributed by atoms with Crippen molar-refractivity contribution in [2.24, 2.45) is 24.8 Å². The van der Waals surface area contributed by atoms with Gasteiger partial charge in [-0.2, -0.15) is 0 Å². The molecule has 1 heterocycles. The molecule has 0 bridgehead atoms. The third-order valence-electron chi connectivity index (χ3n) is 4.50. The van der Waals surface area contributed by atoms with Crippen molar-refractivity contribution in [1.29, 1.82) is 0 Å². The molecule has 0 spiro atoms. The van der Waals surface area contributed by atoms with Gasteiger partial charge in [-0.15, -0.1) is 0 Å². The Morgan fingerprint density at radius 2 is 2.25 bits per heavy atom. The van der Waals surface area contributed by atoms with Crippen LogP contribution in [0.4, 0.5) is 0 Å². The summed E-state index contributed by atoms with van der Waals surface area (Å²) < 4.78 is 2.04. The number of aryl methyl sites for hydroxylation is 2. The van der Waals surface area contributed by atoms with Gasteiger partial charge in [0, 0.05) is 25.9 Å². The van der Waals surface area contributed by atoms with E-state index in [1.165, 1.54) is 19.3 Å². The number of aromatic nitrogens is 2. The molecule has 0 saturated heterocycles. The first kappa shape index (κ1) is 10.3. The minimum atomic E-state index is -0.0907. The molecule has 0 aliphatic heterocycles. The summed E-state index contributed by atoms with van der Waals surface area (Å²) in [6.45, 7) is 0. The van der Waals surface area contributed by atoms with Crippen molar-refractivity contribution in [1.82, 2.24) is 9.55 Å². The molecule has 0 radical (unpaired) electrons. The monoisotopic (exact) mass is 220 g/mol. The summed E-state index contributed by atoms with van der Waals surface area (Å²) in [6, 6.07) is 0. The predicted octanol–water partition coefficient (Wildman–Crippen LogP) is 1.76. The minimum absolute atomic E-state index is 0.0907. The van der Waals surface area contributed by atoms with Crippen molar-refractivity contribution in [2.45, 2.75) is 38.2 Å². The Labute approximate surface area is 96.5 Å². The molecule has 3 heteroatoms. The average Bonchev–Trinajstić information content (AvgIpc) is 2.67. The summed E-state index contributed by atoms with van der Waals surface area (Å²) in [4.78, 5) is 4.29. The molecule has 16 heavy (non-hydrogen) atoms. The quantitative estimate of drug-likeness (QED) is 0.839. The summed E-state index contributed by atoms with van der Waals surface area (Å²) in [6.07, 6.45) is 9.58. The second kappa shape index (κ2) is 3.88. The van der Waals surface area contributed by atoms with Crippen molar-refractivity contribution in [3.8, 4) is 0 Å². The van der Waals surface area contributed by atoms with E-state index in [-0.39, 0.29) is 6.10 Å². The van der Waals surface area contributed by atoms with E-state index in [1.54, 1.807) is 0 Å². The van der Waals surface area contributed by atoms with Crippen molar-refractivity contribution >= 4 is 0 Å². The molecular formula is C13H20N2O. The van der Waals surface area contributed by atoms with Gasteiger partial charge in [0.05, 0.1) is 6.10 Å². The molecule has 88 valence electrons. The highest BCUT2D eigenvalue weighted by molar-refractivity contribution is 5.04. The highest BCUT2D eigenvalue weighted by Gasteiger charge is 2.55. The van der Waals surface area contributed by atoms with Crippen LogP contribution in [0.2, 0.25) is 0 Å². The average molecular weight is 220 g/mol. The van der Waals surface area contributed by atoms with Crippen LogP contribution in [0.5, 0.6) is 0 Å². The number of aliphatic hydroxyl groups excluding tert-OH is 1. The second-order valence-corrected chi connectivity index (χ2v) is 5.40. The maximum atomic E-state index is 10.1. The number of fused-ring (bicyclic) bond motifs is 1. The lowest BCUT2D eigenvalue weighted by Crippen LogP contribution is -2.15. The van der Waals surface area contributed by atoms with Crippen LogP contribution in [-0.2, 0) is 13.5 Å². The zero-order valence-electron chi connectivity index (χ0n) is 9.84. The van der Waals surface area contributed by atoms with Gasteiger partial charge in [-0.25, -0.2) is 4.98 Å². The van der Waals surface area contributed by atoms with E-state index in [0.29, 0.717) is 5.92 Å². The Bertz CT molecular complexity index is 364. The molecule has 0 aromatic carbocycles. The maximum absolute atomic E-state index is 10.1. The van der Waals surface area contributed by atoms with Crippen LogP contribution >= 0.6 is 0 Å². The van der Waals surface area contributed by atoms with Crippen LogP contribution in [0.15, 0.2) is 12.4 Å². The fourth-order valence-electron chi connectivity index (χ4n) is 3.55. The normalized spacial score (nSPS) is 33.8. The topological polar surface area (TPSA) is 38.0 Å². The summed E-state index contributed by atoms with van der Waals surface area (Å²) in [7, 11) is 2.01. The summed E-state index contributed by atoms with van der Waals surface area (Å²) in [5.74, 6) is 3.42. The summed E-state index contributed by atoms with van der Waals surface area (Å²) >= 11 is 0. The molecule has 2 aliphatic carbocycles. The lowest BCUT2D eigenvalue weighted by molar-refractivity contribution is 0.125. The zero-order chi connectivity index (χ0) is 11.1. The van der Waals surface area contributed by atoms with Gasteiger partial charge in [0.1, 0.15) is 5.82 Å². The van der Waals surface area contributed by atoms with Gasteiger partial charge in [-0.3, -0.25) is 0 Å². The van der Waals surface area contributed by atoms with E-state index >= 15 is 0 Å². The molecule has 1 N–H and O–H groups in total. The van der Waals surface area contributed by atoms with Crippen LogP contribution in [0.3, 0.4) is 0 Å². The zero-order valence-corrected chi connectivity index (χ0v) is 9.84. The number of aliphatic hydroxyl groups is 1. The molecule has 2 aliphatic rings. The number of hydrogen-bond acceptors (Lipinski definition) is 2. The van der Waals surface area contributed by atoms with E-state index in [9.17, 15) is 5.11 Å². The largest absolute Gasteiger partial charge is 0.393 e. The van der Waals surface area contributed by atoms with E-state index in [0.717, 1.165) is 30.5 Å². The molecule has 1 aromatic heterocycles. The summed E-state index contributed by atoms with van der Waals surface area (Å²) in [5.41, 5.74) is 0. The maximum Gasteiger partial charge on any atom is 0.108 e. The van der Waals surface area contributed by atoms with E-state index in [4.69, 9.17) is 0 Å². The number of rotatable bonds is 4. The van der Waals surface area contributed by atoms with Crippen molar-refractivity contribution < 1.29 is 5.11 Å². The molecule has 1 aromatic rings. The fourth-order valence-corrected chi connectivity index (χ4v) is 3.55. The molecule has 2 fully saturated rings. The number of nitrogens with zero attached hydrogens (tertiary/aromatic N) is 2. The van der Waals surface area contributed by atoms with Crippen LogP contribution in [-0.4, -0.2) is 20.8 Å². The van der Waals surface area contributed by atoms with Crippen molar-refractivity contribution in [3.05, 3.63) is 18.2 Å². The lowest BCUT2D eigenvalue weighted by Gasteiger charge is -2.12. The van der Waals surface area contributed by atoms with Gasteiger partial charge >= 0.3 is 0 Å². The van der Waals surface area contributed by atoms with Gasteiger partial charge < -0.3 is 9.67 Å². The summed E-state index contributed by atoms with van der Waals surface area (Å²) in [5, 5.41) is 10.1. The molecule has 0 amide bonds. The highest BCUT2D eigenvalue weighted by atomic mass is 16.3. The lowest BCUT2D eigenvalue weighted by atomic mass is 10.0. The first-order valence-corrected chi connectivity index (χ1v) is 6.41. The SMILES string of the molecule is Cn1ccnc1CCC(O)C1C2CCCC21. The van der Waals surface area contributed by atoms with Gasteiger partial charge in [0.2, 0.25) is 0 Å². The first-order chi connectivity index (χ1) is 7.77. The van der Waals surface area contributed by atoms with Crippen molar-refractivity contribution in [3.63, 3.8) is 0 Å². The Hall–Kier alpha value is -0.830. The number of hydrogen-bond donors (Lipinski definition) is 1. The Kier molecular flexibility index (Phi) is 2.51. The number of imidazole rings is 1. The van der Waals surface area contributed by atoms with Gasteiger partial charge in [0.15, 0.2) is 0 Å². The predicted molar refractivity (Wildman–Crippen MR) is 61.9 cm³/mol. The van der Waals surface area contributed by atoms with Crippen LogP contribution in [0.1, 0.15) is 31.5 Å². The van der Waals surface area contributed by atoms with Crippen LogP contribution in [0, 0.1) is 17.8 Å². The van der Waals surface area contributed by atoms with Gasteiger partial charge in [0.25, 0.3) is 0 Å². The molecule has 3 atom stereocenters. The van der Waals surface area contributed by atoms with E-state index < -0.39 is 0 Å². The Morgan fingerprint density at radius 1 is 1.50 bits per heavy atom. The minimum Gasteiger partial charge on any atom is -0.393 e. The van der Waals surface area contributed by atoms with Gasteiger partial charge in [-0.05, 0) is 37.0 Å². The van der Waals surface area contributed by atoms with Crippen molar-refractivity contribution in [2.75, 3.05) is 0 Å². The second-order valence-electron chi connectivity index (χ2n) is 5.40. The standard InChI is InChI=1S/C13H20N2O/c1-15-8-7-14-12(15)6-5-11(16)13-9-3-2-4-10(9)13/h7-11,13,16H,2-6H2,1H3. The first-order valence-electron chi connectivity index (χ1n) is 6.41. The smallest absolute Gasteiger partial charge is 0.108 e. The molecule has 3 unspecified atom stereocenters. The molecule has 2 saturated carbocycles. The third-order valence-corrected chi connectivity index (χ3v) is 4.50. The highest BCUT2D eigenvalue weighted by Crippen LogP contribution is 2.59. The Morgan fingerprint density at radius 3 is 2.88 bits per heavy atom. The fraction of sp³-hybridized carbons (Fsp3) is 0.769. The molecule has 3 rings (SSSR count). The van der Waals surface area contributed by atoms with Crippen LogP contribution < -0.4 is 0 Å². The molecular weight excluding hydrogens is 200 g/mol. The van der Waals surface area contributed by atoms with Gasteiger partial charge in [-0.1, -0.05) is 6.42 Å². The third kappa shape index (κ3) is 1.67.